The summed E-state index contributed by atoms with van der Waals surface area (Å²) in [5.74, 6) is 2.01. The number of rotatable bonds is 5. The lowest BCUT2D eigenvalue weighted by Gasteiger charge is -2.25. The van der Waals surface area contributed by atoms with Crippen LogP contribution in [0.2, 0.25) is 0 Å². The minimum atomic E-state index is -0.102. The fraction of sp³-hybridized carbons (Fsp3) is 0.818. The number of hydrogen-bond donors (Lipinski definition) is 2. The Morgan fingerprint density at radius 2 is 2.29 bits per heavy atom. The van der Waals surface area contributed by atoms with Gasteiger partial charge in [-0.3, -0.25) is 9.59 Å². The SMILES string of the molecule is CCNC(=O)CN(C)C(=O)CC1CSCCN1. The monoisotopic (exact) mass is 259 g/mol. The summed E-state index contributed by atoms with van der Waals surface area (Å²) in [6.45, 7) is 3.57. The number of thioether (sulfide) groups is 1. The Kier molecular flexibility index (Phi) is 6.36. The molecule has 1 saturated heterocycles. The highest BCUT2D eigenvalue weighted by Crippen LogP contribution is 2.10. The number of carbonyl (C=O) groups excluding carboxylic acids is 2. The first-order valence-electron chi connectivity index (χ1n) is 5.95. The van der Waals surface area contributed by atoms with E-state index in [0.29, 0.717) is 13.0 Å². The highest BCUT2D eigenvalue weighted by Gasteiger charge is 2.19. The molecule has 1 unspecified atom stereocenters. The van der Waals surface area contributed by atoms with E-state index in [1.165, 1.54) is 4.90 Å². The van der Waals surface area contributed by atoms with Crippen molar-refractivity contribution >= 4 is 23.6 Å². The van der Waals surface area contributed by atoms with Gasteiger partial charge in [0.05, 0.1) is 6.54 Å². The lowest BCUT2D eigenvalue weighted by molar-refractivity contribution is -0.135. The Morgan fingerprint density at radius 3 is 2.88 bits per heavy atom. The highest BCUT2D eigenvalue weighted by atomic mass is 32.2. The van der Waals surface area contributed by atoms with E-state index in [2.05, 4.69) is 10.6 Å². The largest absolute Gasteiger partial charge is 0.355 e. The number of likely N-dealkylation sites (N-methyl/N-ethyl adjacent to an activating group) is 2. The molecule has 1 fully saturated rings. The molecule has 1 heterocycles. The molecule has 1 aliphatic rings. The van der Waals surface area contributed by atoms with Crippen molar-refractivity contribution in [3.05, 3.63) is 0 Å². The second kappa shape index (κ2) is 7.55. The van der Waals surface area contributed by atoms with Gasteiger partial charge >= 0.3 is 0 Å². The zero-order chi connectivity index (χ0) is 12.7. The van der Waals surface area contributed by atoms with Gasteiger partial charge in [-0.1, -0.05) is 0 Å². The number of hydrogen-bond acceptors (Lipinski definition) is 4. The molecule has 0 spiro atoms. The molecule has 17 heavy (non-hydrogen) atoms. The van der Waals surface area contributed by atoms with Crippen LogP contribution in [0, 0.1) is 0 Å². The smallest absolute Gasteiger partial charge is 0.239 e. The summed E-state index contributed by atoms with van der Waals surface area (Å²) in [4.78, 5) is 24.7. The van der Waals surface area contributed by atoms with Crippen molar-refractivity contribution in [1.82, 2.24) is 15.5 Å². The topological polar surface area (TPSA) is 61.4 Å². The summed E-state index contributed by atoms with van der Waals surface area (Å²) in [5, 5.41) is 6.00. The van der Waals surface area contributed by atoms with Crippen LogP contribution in [0.4, 0.5) is 0 Å². The Balaban J connectivity index is 2.28. The first-order chi connectivity index (χ1) is 8.13. The molecule has 0 radical (unpaired) electrons. The van der Waals surface area contributed by atoms with Gasteiger partial charge < -0.3 is 15.5 Å². The summed E-state index contributed by atoms with van der Waals surface area (Å²) in [5.41, 5.74) is 0. The molecule has 2 amide bonds. The van der Waals surface area contributed by atoms with Crippen LogP contribution < -0.4 is 10.6 Å². The van der Waals surface area contributed by atoms with Gasteiger partial charge in [-0.05, 0) is 6.92 Å². The fourth-order valence-corrected chi connectivity index (χ4v) is 2.62. The molecule has 0 aromatic rings. The number of nitrogens with zero attached hydrogens (tertiary/aromatic N) is 1. The molecule has 0 aliphatic carbocycles. The normalized spacial score (nSPS) is 19.8. The zero-order valence-corrected chi connectivity index (χ0v) is 11.3. The van der Waals surface area contributed by atoms with Gasteiger partial charge in [-0.2, -0.15) is 11.8 Å². The van der Waals surface area contributed by atoms with Crippen LogP contribution in [0.25, 0.3) is 0 Å². The standard InChI is InChI=1S/C11H21N3O2S/c1-3-12-10(15)7-14(2)11(16)6-9-8-17-5-4-13-9/h9,13H,3-8H2,1-2H3,(H,12,15). The van der Waals surface area contributed by atoms with Crippen molar-refractivity contribution < 1.29 is 9.59 Å². The Hall–Kier alpha value is -0.750. The van der Waals surface area contributed by atoms with Crippen molar-refractivity contribution in [2.24, 2.45) is 0 Å². The van der Waals surface area contributed by atoms with Crippen LogP contribution in [0.1, 0.15) is 13.3 Å². The second-order valence-electron chi connectivity index (χ2n) is 4.13. The molecule has 0 aromatic heterocycles. The first kappa shape index (κ1) is 14.3. The number of carbonyl (C=O) groups is 2. The van der Waals surface area contributed by atoms with E-state index in [0.717, 1.165) is 18.1 Å². The summed E-state index contributed by atoms with van der Waals surface area (Å²) in [6.07, 6.45) is 0.475. The molecule has 1 rings (SSSR count). The molecule has 2 N–H and O–H groups in total. The Bertz CT molecular complexity index is 267. The molecule has 0 aromatic carbocycles. The maximum atomic E-state index is 11.8. The molecule has 1 atom stereocenters. The van der Waals surface area contributed by atoms with Crippen molar-refractivity contribution in [2.45, 2.75) is 19.4 Å². The van der Waals surface area contributed by atoms with Gasteiger partial charge in [0, 0.05) is 44.1 Å². The predicted molar refractivity (Wildman–Crippen MR) is 70.1 cm³/mol. The van der Waals surface area contributed by atoms with Gasteiger partial charge in [-0.15, -0.1) is 0 Å². The molecule has 0 bridgehead atoms. The predicted octanol–water partition coefficient (Wildman–Crippen LogP) is -0.324. The van der Waals surface area contributed by atoms with Crippen molar-refractivity contribution in [2.75, 3.05) is 38.2 Å². The van der Waals surface area contributed by atoms with Crippen LogP contribution >= 0.6 is 11.8 Å². The number of nitrogens with one attached hydrogen (secondary N) is 2. The molecule has 6 heteroatoms. The van der Waals surface area contributed by atoms with Gasteiger partial charge in [0.1, 0.15) is 0 Å². The van der Waals surface area contributed by atoms with Crippen molar-refractivity contribution in [3.63, 3.8) is 0 Å². The lowest BCUT2D eigenvalue weighted by Crippen LogP contribution is -2.44. The minimum Gasteiger partial charge on any atom is -0.355 e. The van der Waals surface area contributed by atoms with E-state index in [-0.39, 0.29) is 24.4 Å². The third kappa shape index (κ3) is 5.41. The van der Waals surface area contributed by atoms with Crippen molar-refractivity contribution in [1.29, 1.82) is 0 Å². The van der Waals surface area contributed by atoms with E-state index in [1.54, 1.807) is 7.05 Å². The van der Waals surface area contributed by atoms with Crippen LogP contribution in [0.5, 0.6) is 0 Å². The second-order valence-corrected chi connectivity index (χ2v) is 5.28. The maximum Gasteiger partial charge on any atom is 0.239 e. The van der Waals surface area contributed by atoms with Crippen LogP contribution in [-0.2, 0) is 9.59 Å². The van der Waals surface area contributed by atoms with E-state index >= 15 is 0 Å². The summed E-state index contributed by atoms with van der Waals surface area (Å²) in [7, 11) is 1.67. The third-order valence-corrected chi connectivity index (χ3v) is 3.73. The Morgan fingerprint density at radius 1 is 1.53 bits per heavy atom. The van der Waals surface area contributed by atoms with E-state index in [1.807, 2.05) is 18.7 Å². The van der Waals surface area contributed by atoms with Gasteiger partial charge in [0.2, 0.25) is 11.8 Å². The average molecular weight is 259 g/mol. The van der Waals surface area contributed by atoms with Crippen LogP contribution in [-0.4, -0.2) is 60.9 Å². The molecule has 1 aliphatic heterocycles. The zero-order valence-electron chi connectivity index (χ0n) is 10.5. The summed E-state index contributed by atoms with van der Waals surface area (Å²) < 4.78 is 0. The third-order valence-electron chi connectivity index (χ3n) is 2.60. The van der Waals surface area contributed by atoms with E-state index in [4.69, 9.17) is 0 Å². The molecule has 98 valence electrons. The quantitative estimate of drug-likeness (QED) is 0.710. The van der Waals surface area contributed by atoms with Gasteiger partial charge in [-0.25, -0.2) is 0 Å². The first-order valence-corrected chi connectivity index (χ1v) is 7.10. The van der Waals surface area contributed by atoms with E-state index < -0.39 is 0 Å². The fourth-order valence-electron chi connectivity index (χ4n) is 1.67. The minimum absolute atomic E-state index is 0.0243. The molecular formula is C11H21N3O2S. The maximum absolute atomic E-state index is 11.8. The van der Waals surface area contributed by atoms with E-state index in [9.17, 15) is 9.59 Å². The highest BCUT2D eigenvalue weighted by molar-refractivity contribution is 7.99. The summed E-state index contributed by atoms with van der Waals surface area (Å²) in [6, 6.07) is 0.248. The average Bonchev–Trinajstić information content (AvgIpc) is 2.30. The van der Waals surface area contributed by atoms with Crippen LogP contribution in [0.15, 0.2) is 0 Å². The summed E-state index contributed by atoms with van der Waals surface area (Å²) >= 11 is 1.87. The molecular weight excluding hydrogens is 238 g/mol. The number of amides is 2. The van der Waals surface area contributed by atoms with Crippen LogP contribution in [0.3, 0.4) is 0 Å². The Labute approximate surface area is 107 Å². The van der Waals surface area contributed by atoms with Gasteiger partial charge in [0.15, 0.2) is 0 Å². The van der Waals surface area contributed by atoms with Gasteiger partial charge in [0.25, 0.3) is 0 Å². The lowest BCUT2D eigenvalue weighted by atomic mass is 10.2. The van der Waals surface area contributed by atoms with Crippen molar-refractivity contribution in [3.8, 4) is 0 Å². The molecule has 0 saturated carbocycles. The molecule has 5 nitrogen and oxygen atoms in total.